The van der Waals surface area contributed by atoms with Crippen LogP contribution in [0.1, 0.15) is 50.4 Å². The highest BCUT2D eigenvalue weighted by molar-refractivity contribution is 6.17. The molecule has 0 bridgehead atoms. The molecule has 114 valence electrons. The van der Waals surface area contributed by atoms with Crippen LogP contribution in [0.3, 0.4) is 0 Å². The lowest BCUT2D eigenvalue weighted by Crippen LogP contribution is -2.27. The molecule has 0 spiro atoms. The fraction of sp³-hybridized carbons (Fsp3) is 0.647. The number of pyridine rings is 1. The van der Waals surface area contributed by atoms with E-state index in [1.54, 1.807) is 0 Å². The van der Waals surface area contributed by atoms with Gasteiger partial charge in [0.25, 0.3) is 0 Å². The van der Waals surface area contributed by atoms with Gasteiger partial charge in [0, 0.05) is 25.0 Å². The molecule has 0 atom stereocenters. The molecule has 1 saturated carbocycles. The maximum absolute atomic E-state index is 5.98. The molecule has 0 saturated heterocycles. The third-order valence-electron chi connectivity index (χ3n) is 4.83. The Bertz CT molecular complexity index is 626. The third kappa shape index (κ3) is 2.94. The van der Waals surface area contributed by atoms with Gasteiger partial charge in [-0.1, -0.05) is 26.2 Å². The van der Waals surface area contributed by atoms with Crippen LogP contribution in [-0.4, -0.2) is 20.4 Å². The molecular formula is C17H24ClN3. The number of nitrogens with zero attached hydrogens (tertiary/aromatic N) is 3. The first-order valence-electron chi connectivity index (χ1n) is 8.00. The van der Waals surface area contributed by atoms with Gasteiger partial charge < -0.3 is 4.57 Å². The molecule has 1 aliphatic rings. The molecule has 0 N–H and O–H groups in total. The van der Waals surface area contributed by atoms with Crippen molar-refractivity contribution in [2.45, 2.75) is 58.9 Å². The summed E-state index contributed by atoms with van der Waals surface area (Å²) in [4.78, 5) is 9.41. The molecule has 1 fully saturated rings. The minimum atomic E-state index is 0.373. The predicted molar refractivity (Wildman–Crippen MR) is 87.9 cm³/mol. The van der Waals surface area contributed by atoms with Gasteiger partial charge in [0.1, 0.15) is 11.3 Å². The minimum absolute atomic E-state index is 0.373. The zero-order chi connectivity index (χ0) is 14.9. The van der Waals surface area contributed by atoms with Gasteiger partial charge in [-0.3, -0.25) is 0 Å². The van der Waals surface area contributed by atoms with Crippen LogP contribution >= 0.6 is 11.6 Å². The van der Waals surface area contributed by atoms with Gasteiger partial charge in [0.2, 0.25) is 0 Å². The average Bonchev–Trinajstić information content (AvgIpc) is 2.80. The van der Waals surface area contributed by atoms with E-state index < -0.39 is 0 Å². The number of hydrogen-bond donors (Lipinski definition) is 0. The first kappa shape index (κ1) is 14.8. The first-order chi connectivity index (χ1) is 10.1. The summed E-state index contributed by atoms with van der Waals surface area (Å²) in [6, 6.07) is 2.03. The van der Waals surface area contributed by atoms with Crippen molar-refractivity contribution in [2.24, 2.45) is 5.41 Å². The summed E-state index contributed by atoms with van der Waals surface area (Å²) >= 11 is 5.98. The SMILES string of the molecule is Cc1ccnc2c1nc(CCCl)n2CC1(C)CCCCC1. The second-order valence-electron chi connectivity index (χ2n) is 6.72. The summed E-state index contributed by atoms with van der Waals surface area (Å²) in [6.07, 6.45) is 9.39. The summed E-state index contributed by atoms with van der Waals surface area (Å²) in [6.45, 7) is 5.54. The van der Waals surface area contributed by atoms with Gasteiger partial charge in [-0.05, 0) is 36.8 Å². The summed E-state index contributed by atoms with van der Waals surface area (Å²) in [5, 5.41) is 0. The molecule has 2 heterocycles. The van der Waals surface area contributed by atoms with E-state index in [0.717, 1.165) is 30.0 Å². The molecule has 3 rings (SSSR count). The fourth-order valence-electron chi connectivity index (χ4n) is 3.57. The Labute approximate surface area is 131 Å². The third-order valence-corrected chi connectivity index (χ3v) is 5.02. The minimum Gasteiger partial charge on any atom is -0.312 e. The van der Waals surface area contributed by atoms with E-state index >= 15 is 0 Å². The molecule has 4 heteroatoms. The predicted octanol–water partition coefficient (Wildman–Crippen LogP) is 4.49. The van der Waals surface area contributed by atoms with Crippen molar-refractivity contribution in [3.63, 3.8) is 0 Å². The maximum Gasteiger partial charge on any atom is 0.160 e. The second-order valence-corrected chi connectivity index (χ2v) is 7.10. The Morgan fingerprint density at radius 3 is 2.76 bits per heavy atom. The van der Waals surface area contributed by atoms with Gasteiger partial charge in [0.15, 0.2) is 5.65 Å². The molecule has 0 aromatic carbocycles. The molecule has 0 amide bonds. The largest absolute Gasteiger partial charge is 0.312 e. The first-order valence-corrected chi connectivity index (χ1v) is 8.53. The van der Waals surface area contributed by atoms with Crippen molar-refractivity contribution in [1.82, 2.24) is 14.5 Å². The fourth-order valence-corrected chi connectivity index (χ4v) is 3.74. The molecule has 2 aromatic heterocycles. The monoisotopic (exact) mass is 305 g/mol. The van der Waals surface area contributed by atoms with E-state index in [1.807, 2.05) is 12.3 Å². The number of imidazole rings is 1. The lowest BCUT2D eigenvalue weighted by Gasteiger charge is -2.34. The molecule has 0 aliphatic heterocycles. The molecule has 21 heavy (non-hydrogen) atoms. The van der Waals surface area contributed by atoms with E-state index in [1.165, 1.54) is 37.7 Å². The topological polar surface area (TPSA) is 30.7 Å². The smallest absolute Gasteiger partial charge is 0.160 e. The highest BCUT2D eigenvalue weighted by atomic mass is 35.5. The van der Waals surface area contributed by atoms with E-state index in [4.69, 9.17) is 16.6 Å². The van der Waals surface area contributed by atoms with Crippen LogP contribution in [0.2, 0.25) is 0 Å². The lowest BCUT2D eigenvalue weighted by atomic mass is 9.75. The summed E-state index contributed by atoms with van der Waals surface area (Å²) in [5.74, 6) is 1.70. The van der Waals surface area contributed by atoms with Crippen molar-refractivity contribution in [1.29, 1.82) is 0 Å². The number of fused-ring (bicyclic) bond motifs is 1. The summed E-state index contributed by atoms with van der Waals surface area (Å²) in [7, 11) is 0. The van der Waals surface area contributed by atoms with Crippen molar-refractivity contribution in [3.8, 4) is 0 Å². The van der Waals surface area contributed by atoms with Gasteiger partial charge in [-0.2, -0.15) is 0 Å². The van der Waals surface area contributed by atoms with E-state index in [0.29, 0.717) is 11.3 Å². The number of aromatic nitrogens is 3. The van der Waals surface area contributed by atoms with Crippen LogP contribution < -0.4 is 0 Å². The summed E-state index contributed by atoms with van der Waals surface area (Å²) < 4.78 is 2.33. The Hall–Kier alpha value is -1.09. The van der Waals surface area contributed by atoms with Crippen LogP contribution in [0.25, 0.3) is 11.2 Å². The number of halogens is 1. The maximum atomic E-state index is 5.98. The Kier molecular flexibility index (Phi) is 4.21. The molecule has 0 radical (unpaired) electrons. The Morgan fingerprint density at radius 1 is 1.29 bits per heavy atom. The average molecular weight is 306 g/mol. The van der Waals surface area contributed by atoms with Crippen molar-refractivity contribution >= 4 is 22.8 Å². The quantitative estimate of drug-likeness (QED) is 0.779. The van der Waals surface area contributed by atoms with Gasteiger partial charge in [-0.25, -0.2) is 9.97 Å². The van der Waals surface area contributed by atoms with Gasteiger partial charge >= 0.3 is 0 Å². The normalized spacial score (nSPS) is 18.2. The van der Waals surface area contributed by atoms with Crippen LogP contribution in [0.5, 0.6) is 0 Å². The highest BCUT2D eigenvalue weighted by Gasteiger charge is 2.29. The number of alkyl halides is 1. The molecule has 0 unspecified atom stereocenters. The van der Waals surface area contributed by atoms with Crippen molar-refractivity contribution in [2.75, 3.05) is 5.88 Å². The molecular weight excluding hydrogens is 282 g/mol. The van der Waals surface area contributed by atoms with Crippen molar-refractivity contribution in [3.05, 3.63) is 23.7 Å². The zero-order valence-corrected chi connectivity index (χ0v) is 13.8. The van der Waals surface area contributed by atoms with E-state index in [-0.39, 0.29) is 0 Å². The lowest BCUT2D eigenvalue weighted by molar-refractivity contribution is 0.183. The standard InChI is InChI=1S/C17H24ClN3/c1-13-7-11-19-16-15(13)20-14(6-10-18)21(16)12-17(2)8-4-3-5-9-17/h7,11H,3-6,8-10,12H2,1-2H3. The Balaban J connectivity index is 2.02. The van der Waals surface area contributed by atoms with Crippen LogP contribution in [0.15, 0.2) is 12.3 Å². The van der Waals surface area contributed by atoms with Gasteiger partial charge in [0.05, 0.1) is 0 Å². The molecule has 1 aliphatic carbocycles. The van der Waals surface area contributed by atoms with Crippen LogP contribution in [0.4, 0.5) is 0 Å². The van der Waals surface area contributed by atoms with E-state index in [9.17, 15) is 0 Å². The van der Waals surface area contributed by atoms with Crippen molar-refractivity contribution < 1.29 is 0 Å². The van der Waals surface area contributed by atoms with Gasteiger partial charge in [-0.15, -0.1) is 11.6 Å². The zero-order valence-electron chi connectivity index (χ0n) is 13.0. The summed E-state index contributed by atoms with van der Waals surface area (Å²) in [5.41, 5.74) is 3.64. The van der Waals surface area contributed by atoms with E-state index in [2.05, 4.69) is 23.4 Å². The second kappa shape index (κ2) is 5.96. The number of aryl methyl sites for hydroxylation is 2. The molecule has 2 aromatic rings. The van der Waals surface area contributed by atoms with Crippen LogP contribution in [-0.2, 0) is 13.0 Å². The Morgan fingerprint density at radius 2 is 2.05 bits per heavy atom. The van der Waals surface area contributed by atoms with Crippen LogP contribution in [0, 0.1) is 12.3 Å². The number of hydrogen-bond acceptors (Lipinski definition) is 2. The number of rotatable bonds is 4. The highest BCUT2D eigenvalue weighted by Crippen LogP contribution is 2.38. The molecule has 3 nitrogen and oxygen atoms in total.